The van der Waals surface area contributed by atoms with Crippen molar-refractivity contribution in [2.24, 2.45) is 0 Å². The monoisotopic (exact) mass is 252 g/mol. The van der Waals surface area contributed by atoms with E-state index in [1.165, 1.54) is 11.1 Å². The van der Waals surface area contributed by atoms with E-state index in [2.05, 4.69) is 52.5 Å². The molecule has 0 fully saturated rings. The molecule has 1 aromatic heterocycles. The Morgan fingerprint density at radius 3 is 2.71 bits per heavy atom. The van der Waals surface area contributed by atoms with Crippen LogP contribution in [-0.2, 0) is 0 Å². The molecular weight excluding hydrogens is 240 g/mol. The lowest BCUT2D eigenvalue weighted by atomic mass is 10.2. The minimum Gasteiger partial charge on any atom is -0.266 e. The highest BCUT2D eigenvalue weighted by Crippen LogP contribution is 2.23. The highest BCUT2D eigenvalue weighted by molar-refractivity contribution is 9.10. The van der Waals surface area contributed by atoms with Gasteiger partial charge in [-0.2, -0.15) is 5.10 Å². The van der Waals surface area contributed by atoms with Gasteiger partial charge in [-0.3, -0.25) is 4.68 Å². The van der Waals surface area contributed by atoms with Crippen LogP contribution in [0, 0.1) is 6.92 Å². The number of aromatic nitrogens is 2. The van der Waals surface area contributed by atoms with Gasteiger partial charge in [-0.05, 0) is 39.0 Å². The van der Waals surface area contributed by atoms with Gasteiger partial charge < -0.3 is 0 Å². The molecule has 1 heterocycles. The van der Waals surface area contributed by atoms with E-state index in [1.54, 1.807) is 0 Å². The fourth-order valence-corrected chi connectivity index (χ4v) is 2.06. The van der Waals surface area contributed by atoms with Gasteiger partial charge in [0.15, 0.2) is 0 Å². The molecule has 0 radical (unpaired) electrons. The van der Waals surface area contributed by atoms with Gasteiger partial charge in [-0.15, -0.1) is 0 Å². The summed E-state index contributed by atoms with van der Waals surface area (Å²) in [6.45, 7) is 6.41. The van der Waals surface area contributed by atoms with Crippen LogP contribution in [0.25, 0.3) is 10.9 Å². The molecule has 2 rings (SSSR count). The molecule has 0 aliphatic heterocycles. The molecule has 0 amide bonds. The third-order valence-corrected chi connectivity index (χ3v) is 2.89. The Kier molecular flexibility index (Phi) is 2.35. The summed E-state index contributed by atoms with van der Waals surface area (Å²) >= 11 is 3.48. The van der Waals surface area contributed by atoms with Gasteiger partial charge in [-0.1, -0.05) is 15.9 Å². The van der Waals surface area contributed by atoms with Crippen molar-refractivity contribution in [1.82, 2.24) is 9.78 Å². The summed E-state index contributed by atoms with van der Waals surface area (Å²) in [7, 11) is 0. The zero-order valence-corrected chi connectivity index (χ0v) is 10.2. The lowest BCUT2D eigenvalue weighted by Gasteiger charge is -2.06. The molecule has 1 aromatic carbocycles. The van der Waals surface area contributed by atoms with Gasteiger partial charge in [0, 0.05) is 21.6 Å². The average molecular weight is 253 g/mol. The third-order valence-electron chi connectivity index (χ3n) is 2.40. The predicted molar refractivity (Wildman–Crippen MR) is 62.6 cm³/mol. The minimum absolute atomic E-state index is 0.418. The second-order valence-electron chi connectivity index (χ2n) is 3.79. The Hall–Kier alpha value is -0.830. The van der Waals surface area contributed by atoms with Crippen molar-refractivity contribution >= 4 is 26.8 Å². The van der Waals surface area contributed by atoms with Crippen LogP contribution in [0.4, 0.5) is 0 Å². The number of halogens is 1. The molecular formula is C11H13BrN2. The minimum atomic E-state index is 0.418. The van der Waals surface area contributed by atoms with Gasteiger partial charge in [0.1, 0.15) is 0 Å². The second kappa shape index (κ2) is 3.39. The van der Waals surface area contributed by atoms with E-state index in [9.17, 15) is 0 Å². The molecule has 0 N–H and O–H groups in total. The van der Waals surface area contributed by atoms with Gasteiger partial charge >= 0.3 is 0 Å². The van der Waals surface area contributed by atoms with Crippen molar-refractivity contribution in [2.75, 3.05) is 0 Å². The topological polar surface area (TPSA) is 17.8 Å². The van der Waals surface area contributed by atoms with Crippen LogP contribution in [0.15, 0.2) is 22.7 Å². The lowest BCUT2D eigenvalue weighted by molar-refractivity contribution is 0.524. The molecule has 14 heavy (non-hydrogen) atoms. The zero-order valence-electron chi connectivity index (χ0n) is 8.58. The van der Waals surface area contributed by atoms with Crippen molar-refractivity contribution in [3.8, 4) is 0 Å². The lowest BCUT2D eigenvalue weighted by Crippen LogP contribution is -2.04. The molecule has 0 aliphatic carbocycles. The fourth-order valence-electron chi connectivity index (χ4n) is 1.70. The summed E-state index contributed by atoms with van der Waals surface area (Å²) in [4.78, 5) is 0. The quantitative estimate of drug-likeness (QED) is 0.757. The first-order valence-corrected chi connectivity index (χ1v) is 5.53. The van der Waals surface area contributed by atoms with Crippen molar-refractivity contribution in [3.63, 3.8) is 0 Å². The number of rotatable bonds is 1. The normalized spacial score (nSPS) is 11.5. The average Bonchev–Trinajstić information content (AvgIpc) is 2.44. The summed E-state index contributed by atoms with van der Waals surface area (Å²) in [5.41, 5.74) is 2.30. The zero-order chi connectivity index (χ0) is 10.3. The summed E-state index contributed by atoms with van der Waals surface area (Å²) in [5.74, 6) is 0. The van der Waals surface area contributed by atoms with Crippen LogP contribution in [0.2, 0.25) is 0 Å². The first-order valence-electron chi connectivity index (χ1n) is 4.74. The maximum atomic E-state index is 4.55. The number of hydrogen-bond acceptors (Lipinski definition) is 1. The van der Waals surface area contributed by atoms with E-state index in [0.717, 1.165) is 9.99 Å². The van der Waals surface area contributed by atoms with Crippen LogP contribution in [0.1, 0.15) is 25.6 Å². The highest BCUT2D eigenvalue weighted by atomic mass is 79.9. The number of fused-ring (bicyclic) bond motifs is 1. The number of nitrogens with zero attached hydrogens (tertiary/aromatic N) is 2. The Labute approximate surface area is 92.0 Å². The van der Waals surface area contributed by atoms with Crippen molar-refractivity contribution in [1.29, 1.82) is 0 Å². The fraction of sp³-hybridized carbons (Fsp3) is 0.364. The van der Waals surface area contributed by atoms with Gasteiger partial charge in [0.05, 0.1) is 5.52 Å². The van der Waals surface area contributed by atoms with E-state index in [0.29, 0.717) is 6.04 Å². The SMILES string of the molecule is Cc1c2cc(Br)ccc2nn1C(C)C. The van der Waals surface area contributed by atoms with Crippen LogP contribution in [0.5, 0.6) is 0 Å². The largest absolute Gasteiger partial charge is 0.266 e. The Morgan fingerprint density at radius 1 is 1.36 bits per heavy atom. The molecule has 0 atom stereocenters. The summed E-state index contributed by atoms with van der Waals surface area (Å²) < 4.78 is 3.17. The Bertz CT molecular complexity index is 471. The summed E-state index contributed by atoms with van der Waals surface area (Å²) in [6, 6.07) is 6.61. The molecule has 0 saturated carbocycles. The number of hydrogen-bond donors (Lipinski definition) is 0. The molecule has 74 valence electrons. The molecule has 0 aliphatic rings. The molecule has 2 nitrogen and oxygen atoms in total. The summed E-state index contributed by atoms with van der Waals surface area (Å²) in [5, 5.41) is 5.78. The molecule has 0 bridgehead atoms. The number of aryl methyl sites for hydroxylation is 1. The third kappa shape index (κ3) is 1.46. The van der Waals surface area contributed by atoms with E-state index in [-0.39, 0.29) is 0 Å². The van der Waals surface area contributed by atoms with Gasteiger partial charge in [-0.25, -0.2) is 0 Å². The van der Waals surface area contributed by atoms with Crippen molar-refractivity contribution in [2.45, 2.75) is 26.8 Å². The molecule has 0 saturated heterocycles. The highest BCUT2D eigenvalue weighted by Gasteiger charge is 2.09. The van der Waals surface area contributed by atoms with Crippen LogP contribution < -0.4 is 0 Å². The van der Waals surface area contributed by atoms with Gasteiger partial charge in [0.25, 0.3) is 0 Å². The maximum absolute atomic E-state index is 4.55. The maximum Gasteiger partial charge on any atom is 0.0927 e. The van der Waals surface area contributed by atoms with Crippen molar-refractivity contribution < 1.29 is 0 Å². The van der Waals surface area contributed by atoms with Crippen LogP contribution in [0.3, 0.4) is 0 Å². The van der Waals surface area contributed by atoms with Crippen LogP contribution in [-0.4, -0.2) is 9.78 Å². The van der Waals surface area contributed by atoms with Gasteiger partial charge in [0.2, 0.25) is 0 Å². The van der Waals surface area contributed by atoms with Crippen LogP contribution >= 0.6 is 15.9 Å². The predicted octanol–water partition coefficient (Wildman–Crippen LogP) is 3.69. The number of benzene rings is 1. The molecule has 3 heteroatoms. The smallest absolute Gasteiger partial charge is 0.0927 e. The van der Waals surface area contributed by atoms with E-state index < -0.39 is 0 Å². The second-order valence-corrected chi connectivity index (χ2v) is 4.70. The standard InChI is InChI=1S/C11H13BrN2/c1-7(2)14-8(3)10-6-9(12)4-5-11(10)13-14/h4-7H,1-3H3. The van der Waals surface area contributed by atoms with E-state index in [4.69, 9.17) is 0 Å². The van der Waals surface area contributed by atoms with Crippen molar-refractivity contribution in [3.05, 3.63) is 28.4 Å². The summed E-state index contributed by atoms with van der Waals surface area (Å²) in [6.07, 6.45) is 0. The van der Waals surface area contributed by atoms with E-state index in [1.807, 2.05) is 12.1 Å². The van der Waals surface area contributed by atoms with E-state index >= 15 is 0 Å². The Balaban J connectivity index is 2.74. The first kappa shape index (κ1) is 9.71. The molecule has 0 spiro atoms. The molecule has 2 aromatic rings. The first-order chi connectivity index (χ1) is 6.59. The Morgan fingerprint density at radius 2 is 2.07 bits per heavy atom. The molecule has 0 unspecified atom stereocenters.